The topological polar surface area (TPSA) is 78.7 Å². The number of aromatic nitrogens is 1. The van der Waals surface area contributed by atoms with Crippen LogP contribution in [0.15, 0.2) is 10.6 Å². The highest BCUT2D eigenvalue weighted by Crippen LogP contribution is 2.31. The van der Waals surface area contributed by atoms with Gasteiger partial charge in [0, 0.05) is 44.7 Å². The molecule has 0 radical (unpaired) electrons. The maximum atomic E-state index is 12.7. The number of fused-ring (bicyclic) bond motifs is 2. The highest BCUT2D eigenvalue weighted by atomic mass is 16.5. The summed E-state index contributed by atoms with van der Waals surface area (Å²) in [6, 6.07) is 2.11. The molecular weight excluding hydrogens is 344 g/mol. The fourth-order valence-electron chi connectivity index (χ4n) is 4.90. The minimum atomic E-state index is -0.0218. The number of hydrogen-bond donors (Lipinski definition) is 1. The maximum Gasteiger partial charge on any atom is 0.276 e. The second-order valence-electron chi connectivity index (χ2n) is 8.39. The number of likely N-dealkylation sites (tertiary alicyclic amines) is 2. The summed E-state index contributed by atoms with van der Waals surface area (Å²) in [5, 5.41) is 7.56. The van der Waals surface area contributed by atoms with Crippen LogP contribution in [0, 0.1) is 18.8 Å². The number of nitrogens with one attached hydrogen (secondary N) is 1. The predicted molar refractivity (Wildman–Crippen MR) is 100 cm³/mol. The molecule has 4 heterocycles. The van der Waals surface area contributed by atoms with E-state index in [9.17, 15) is 9.59 Å². The third kappa shape index (κ3) is 4.18. The summed E-state index contributed by atoms with van der Waals surface area (Å²) >= 11 is 0. The molecule has 0 saturated carbocycles. The first kappa shape index (κ1) is 18.5. The molecule has 3 aliphatic heterocycles. The molecule has 4 rings (SSSR count). The number of aryl methyl sites for hydroxylation is 1. The van der Waals surface area contributed by atoms with E-state index in [0.29, 0.717) is 41.7 Å². The molecule has 3 saturated heterocycles. The summed E-state index contributed by atoms with van der Waals surface area (Å²) < 4.78 is 5.06. The van der Waals surface area contributed by atoms with E-state index in [1.165, 1.54) is 6.42 Å². The van der Waals surface area contributed by atoms with E-state index in [0.717, 1.165) is 58.4 Å². The van der Waals surface area contributed by atoms with Gasteiger partial charge in [-0.3, -0.25) is 9.59 Å². The van der Waals surface area contributed by atoms with Gasteiger partial charge in [0.25, 0.3) is 5.91 Å². The Hall–Kier alpha value is -1.89. The zero-order chi connectivity index (χ0) is 18.8. The lowest BCUT2D eigenvalue weighted by Gasteiger charge is -2.45. The van der Waals surface area contributed by atoms with Gasteiger partial charge in [-0.05, 0) is 57.4 Å². The first-order valence-electron chi connectivity index (χ1n) is 10.3. The summed E-state index contributed by atoms with van der Waals surface area (Å²) in [6.45, 7) is 6.17. The minimum Gasteiger partial charge on any atom is -0.361 e. The highest BCUT2D eigenvalue weighted by Gasteiger charge is 2.38. The average molecular weight is 374 g/mol. The van der Waals surface area contributed by atoms with Crippen LogP contribution in [0.1, 0.15) is 54.8 Å². The summed E-state index contributed by atoms with van der Waals surface area (Å²) in [7, 11) is 0. The molecule has 0 aromatic carbocycles. The van der Waals surface area contributed by atoms with Gasteiger partial charge in [-0.2, -0.15) is 0 Å². The first-order chi connectivity index (χ1) is 13.1. The molecule has 1 aromatic heterocycles. The van der Waals surface area contributed by atoms with Crippen LogP contribution < -0.4 is 5.32 Å². The number of nitrogens with zero attached hydrogens (tertiary/aromatic N) is 3. The third-order valence-corrected chi connectivity index (χ3v) is 6.31. The van der Waals surface area contributed by atoms with E-state index < -0.39 is 0 Å². The lowest BCUT2D eigenvalue weighted by molar-refractivity contribution is -0.130. The zero-order valence-corrected chi connectivity index (χ0v) is 16.2. The van der Waals surface area contributed by atoms with Crippen molar-refractivity contribution >= 4 is 11.8 Å². The molecule has 2 amide bonds. The Labute approximate surface area is 160 Å². The van der Waals surface area contributed by atoms with Crippen LogP contribution in [0.5, 0.6) is 0 Å². The SMILES string of the molecule is Cc1cc(C(=O)N2C[C@@H]3CN[C@H](CCCC(=O)N4CCCC4)[C@H](C3)C2)no1. The fourth-order valence-corrected chi connectivity index (χ4v) is 4.90. The molecule has 3 aliphatic rings. The van der Waals surface area contributed by atoms with Crippen LogP contribution in [-0.2, 0) is 4.79 Å². The second kappa shape index (κ2) is 8.00. The Kier molecular flexibility index (Phi) is 5.48. The molecule has 2 bridgehead atoms. The number of piperidine rings is 2. The van der Waals surface area contributed by atoms with Crippen molar-refractivity contribution in [3.63, 3.8) is 0 Å². The molecular formula is C20H30N4O3. The van der Waals surface area contributed by atoms with E-state index >= 15 is 0 Å². The van der Waals surface area contributed by atoms with Gasteiger partial charge < -0.3 is 19.6 Å². The van der Waals surface area contributed by atoms with Gasteiger partial charge in [0.05, 0.1) is 0 Å². The van der Waals surface area contributed by atoms with Crippen LogP contribution in [0.25, 0.3) is 0 Å². The molecule has 148 valence electrons. The van der Waals surface area contributed by atoms with Crippen molar-refractivity contribution in [3.05, 3.63) is 17.5 Å². The number of amides is 2. The van der Waals surface area contributed by atoms with Crippen molar-refractivity contribution in [1.82, 2.24) is 20.3 Å². The Balaban J connectivity index is 1.29. The maximum absolute atomic E-state index is 12.7. The van der Waals surface area contributed by atoms with Gasteiger partial charge in [-0.25, -0.2) is 0 Å². The van der Waals surface area contributed by atoms with E-state index in [1.807, 2.05) is 9.80 Å². The standard InChI is InChI=1S/C20H30N4O3/c1-14-9-18(22-27-14)20(26)24-12-15-10-16(13-24)17(21-11-15)5-4-6-19(25)23-7-2-3-8-23/h9,15-17,21H,2-8,10-13H2,1H3/t15-,16+,17+/m0/s1. The Morgan fingerprint density at radius 3 is 2.81 bits per heavy atom. The van der Waals surface area contributed by atoms with Gasteiger partial charge in [-0.1, -0.05) is 5.16 Å². The van der Waals surface area contributed by atoms with Gasteiger partial charge in [0.15, 0.2) is 5.69 Å². The second-order valence-corrected chi connectivity index (χ2v) is 8.39. The highest BCUT2D eigenvalue weighted by molar-refractivity contribution is 5.92. The fraction of sp³-hybridized carbons (Fsp3) is 0.750. The lowest BCUT2D eigenvalue weighted by atomic mass is 9.79. The molecule has 7 heteroatoms. The molecule has 0 unspecified atom stereocenters. The van der Waals surface area contributed by atoms with Crippen LogP contribution in [0.3, 0.4) is 0 Å². The van der Waals surface area contributed by atoms with E-state index in [4.69, 9.17) is 4.52 Å². The van der Waals surface area contributed by atoms with E-state index in [1.54, 1.807) is 13.0 Å². The molecule has 3 atom stereocenters. The average Bonchev–Trinajstić information content (AvgIpc) is 3.34. The van der Waals surface area contributed by atoms with Crippen LogP contribution in [0.2, 0.25) is 0 Å². The van der Waals surface area contributed by atoms with Crippen LogP contribution in [-0.4, -0.2) is 65.5 Å². The van der Waals surface area contributed by atoms with Crippen molar-refractivity contribution in [2.75, 3.05) is 32.7 Å². The molecule has 7 nitrogen and oxygen atoms in total. The van der Waals surface area contributed by atoms with E-state index in [2.05, 4.69) is 10.5 Å². The smallest absolute Gasteiger partial charge is 0.276 e. The lowest BCUT2D eigenvalue weighted by Crippen LogP contribution is -2.57. The van der Waals surface area contributed by atoms with Crippen molar-refractivity contribution < 1.29 is 14.1 Å². The summed E-state index contributed by atoms with van der Waals surface area (Å²) in [6.07, 6.45) is 6.03. The Bertz CT molecular complexity index is 683. The number of hydrogen-bond acceptors (Lipinski definition) is 5. The molecule has 27 heavy (non-hydrogen) atoms. The Morgan fingerprint density at radius 1 is 1.26 bits per heavy atom. The number of carbonyl (C=O) groups is 2. The summed E-state index contributed by atoms with van der Waals surface area (Å²) in [5.41, 5.74) is 0.410. The van der Waals surface area contributed by atoms with Crippen molar-refractivity contribution in [1.29, 1.82) is 0 Å². The number of rotatable bonds is 5. The normalized spacial score (nSPS) is 27.8. The molecule has 0 spiro atoms. The summed E-state index contributed by atoms with van der Waals surface area (Å²) in [4.78, 5) is 28.9. The van der Waals surface area contributed by atoms with Gasteiger partial charge in [0.2, 0.25) is 5.91 Å². The van der Waals surface area contributed by atoms with Gasteiger partial charge >= 0.3 is 0 Å². The summed E-state index contributed by atoms with van der Waals surface area (Å²) in [5.74, 6) is 1.91. The Morgan fingerprint density at radius 2 is 2.07 bits per heavy atom. The molecule has 3 fully saturated rings. The van der Waals surface area contributed by atoms with Crippen LogP contribution >= 0.6 is 0 Å². The van der Waals surface area contributed by atoms with Crippen LogP contribution in [0.4, 0.5) is 0 Å². The van der Waals surface area contributed by atoms with Gasteiger partial charge in [-0.15, -0.1) is 0 Å². The first-order valence-corrected chi connectivity index (χ1v) is 10.3. The monoisotopic (exact) mass is 374 g/mol. The zero-order valence-electron chi connectivity index (χ0n) is 16.2. The minimum absolute atomic E-state index is 0.0218. The van der Waals surface area contributed by atoms with E-state index in [-0.39, 0.29) is 5.91 Å². The molecule has 0 aliphatic carbocycles. The van der Waals surface area contributed by atoms with Gasteiger partial charge in [0.1, 0.15) is 5.76 Å². The van der Waals surface area contributed by atoms with Crippen molar-refractivity contribution in [3.8, 4) is 0 Å². The predicted octanol–water partition coefficient (Wildman–Crippen LogP) is 1.83. The quantitative estimate of drug-likeness (QED) is 0.851. The third-order valence-electron chi connectivity index (χ3n) is 6.31. The van der Waals surface area contributed by atoms with Crippen molar-refractivity contribution in [2.24, 2.45) is 11.8 Å². The largest absolute Gasteiger partial charge is 0.361 e. The molecule has 1 N–H and O–H groups in total. The molecule has 1 aromatic rings. The van der Waals surface area contributed by atoms with Crippen molar-refractivity contribution in [2.45, 2.75) is 51.5 Å². The number of carbonyl (C=O) groups excluding carboxylic acids is 2.